The number of hydrogen-bond donors (Lipinski definition) is 2. The van der Waals surface area contributed by atoms with Crippen molar-refractivity contribution < 1.29 is 28.7 Å². The Morgan fingerprint density at radius 1 is 1.17 bits per heavy atom. The molecule has 0 aromatic heterocycles. The van der Waals surface area contributed by atoms with Crippen LogP contribution in [0.15, 0.2) is 0 Å². The van der Waals surface area contributed by atoms with Crippen LogP contribution in [0, 0.1) is 11.8 Å². The summed E-state index contributed by atoms with van der Waals surface area (Å²) >= 11 is 0. The highest BCUT2D eigenvalue weighted by Gasteiger charge is 2.32. The van der Waals surface area contributed by atoms with E-state index in [1.165, 1.54) is 12.1 Å². The van der Waals surface area contributed by atoms with E-state index in [2.05, 4.69) is 10.7 Å². The Kier molecular flexibility index (Phi) is 9.74. The zero-order valence-corrected chi connectivity index (χ0v) is 19.2. The van der Waals surface area contributed by atoms with Gasteiger partial charge in [0.1, 0.15) is 17.7 Å². The van der Waals surface area contributed by atoms with Crippen LogP contribution in [0.4, 0.5) is 0 Å². The number of ether oxygens (including phenoxy) is 2. The standard InChI is InChI=1S/C21H37N3O6/c1-13(2)15(10-11-17(25)30-21(4,5)6)18(26)22-14(3)19(27)24-12-8-9-16(23-24)20(28)29-7/h13-16,23H,8-12H2,1-7H3,(H,22,26). The van der Waals surface area contributed by atoms with Gasteiger partial charge in [-0.25, -0.2) is 5.43 Å². The lowest BCUT2D eigenvalue weighted by Crippen LogP contribution is -2.59. The van der Waals surface area contributed by atoms with Crippen molar-refractivity contribution in [2.24, 2.45) is 11.8 Å². The Morgan fingerprint density at radius 2 is 1.80 bits per heavy atom. The van der Waals surface area contributed by atoms with Gasteiger partial charge in [-0.1, -0.05) is 13.8 Å². The second-order valence-corrected chi connectivity index (χ2v) is 9.04. The molecule has 0 bridgehead atoms. The number of rotatable bonds is 8. The third-order valence-corrected chi connectivity index (χ3v) is 4.89. The van der Waals surface area contributed by atoms with Crippen LogP contribution in [0.1, 0.15) is 67.2 Å². The zero-order chi connectivity index (χ0) is 23.1. The van der Waals surface area contributed by atoms with Gasteiger partial charge in [-0.05, 0) is 52.9 Å². The Labute approximate surface area is 179 Å². The van der Waals surface area contributed by atoms with Crippen molar-refractivity contribution in [2.75, 3.05) is 13.7 Å². The summed E-state index contributed by atoms with van der Waals surface area (Å²) in [7, 11) is 1.30. The van der Waals surface area contributed by atoms with E-state index in [1.54, 1.807) is 27.7 Å². The molecule has 3 unspecified atom stereocenters. The predicted molar refractivity (Wildman–Crippen MR) is 111 cm³/mol. The molecule has 1 aliphatic heterocycles. The summed E-state index contributed by atoms with van der Waals surface area (Å²) in [6, 6.07) is -1.35. The van der Waals surface area contributed by atoms with E-state index in [0.29, 0.717) is 25.8 Å². The smallest absolute Gasteiger partial charge is 0.324 e. The zero-order valence-electron chi connectivity index (χ0n) is 19.2. The molecule has 0 aromatic carbocycles. The van der Waals surface area contributed by atoms with E-state index in [-0.39, 0.29) is 30.1 Å². The average Bonchev–Trinajstić information content (AvgIpc) is 2.65. The largest absolute Gasteiger partial charge is 0.468 e. The molecule has 9 heteroatoms. The van der Waals surface area contributed by atoms with Crippen molar-refractivity contribution in [3.05, 3.63) is 0 Å². The first kappa shape index (κ1) is 25.9. The quantitative estimate of drug-likeness (QED) is 0.565. The molecule has 0 aromatic rings. The van der Waals surface area contributed by atoms with Gasteiger partial charge in [-0.15, -0.1) is 0 Å². The van der Waals surface area contributed by atoms with Gasteiger partial charge in [0.25, 0.3) is 5.91 Å². The van der Waals surface area contributed by atoms with Crippen molar-refractivity contribution in [2.45, 2.75) is 84.9 Å². The molecule has 1 fully saturated rings. The lowest BCUT2D eigenvalue weighted by atomic mass is 9.90. The van der Waals surface area contributed by atoms with E-state index in [4.69, 9.17) is 9.47 Å². The summed E-state index contributed by atoms with van der Waals surface area (Å²) in [6.45, 7) is 11.2. The molecule has 3 atom stereocenters. The van der Waals surface area contributed by atoms with Gasteiger partial charge >= 0.3 is 11.9 Å². The minimum absolute atomic E-state index is 0.00782. The van der Waals surface area contributed by atoms with Gasteiger partial charge in [0.05, 0.1) is 7.11 Å². The lowest BCUT2D eigenvalue weighted by molar-refractivity contribution is -0.156. The maximum atomic E-state index is 12.8. The van der Waals surface area contributed by atoms with Crippen molar-refractivity contribution >= 4 is 23.8 Å². The summed E-state index contributed by atoms with van der Waals surface area (Å²) in [4.78, 5) is 49.2. The minimum Gasteiger partial charge on any atom is -0.468 e. The van der Waals surface area contributed by atoms with Gasteiger partial charge < -0.3 is 14.8 Å². The highest BCUT2D eigenvalue weighted by Crippen LogP contribution is 2.20. The van der Waals surface area contributed by atoms with Gasteiger partial charge in [-0.3, -0.25) is 24.2 Å². The van der Waals surface area contributed by atoms with Crippen LogP contribution in [-0.4, -0.2) is 60.1 Å². The summed E-state index contributed by atoms with van der Waals surface area (Å²) in [5.74, 6) is -1.82. The lowest BCUT2D eigenvalue weighted by Gasteiger charge is -2.34. The van der Waals surface area contributed by atoms with Crippen molar-refractivity contribution in [1.82, 2.24) is 15.8 Å². The predicted octanol–water partition coefficient (Wildman–Crippen LogP) is 1.55. The normalized spacial score (nSPS) is 19.1. The number of amides is 2. The number of carbonyl (C=O) groups excluding carboxylic acids is 4. The van der Waals surface area contributed by atoms with Gasteiger partial charge in [0.15, 0.2) is 0 Å². The Hall–Kier alpha value is -2.16. The number of hydrogen-bond acceptors (Lipinski definition) is 7. The minimum atomic E-state index is -0.774. The first-order chi connectivity index (χ1) is 13.9. The maximum Gasteiger partial charge on any atom is 0.324 e. The van der Waals surface area contributed by atoms with Crippen molar-refractivity contribution in [3.8, 4) is 0 Å². The molecule has 2 N–H and O–H groups in total. The van der Waals surface area contributed by atoms with Crippen LogP contribution in [0.3, 0.4) is 0 Å². The fourth-order valence-corrected chi connectivity index (χ4v) is 3.31. The van der Waals surface area contributed by atoms with Crippen LogP contribution in [0.25, 0.3) is 0 Å². The monoisotopic (exact) mass is 427 g/mol. The summed E-state index contributed by atoms with van der Waals surface area (Å²) in [5, 5.41) is 4.11. The van der Waals surface area contributed by atoms with E-state index in [0.717, 1.165) is 0 Å². The molecule has 1 saturated heterocycles. The highest BCUT2D eigenvalue weighted by molar-refractivity contribution is 5.88. The SMILES string of the molecule is COC(=O)C1CCCN(C(=O)C(C)NC(=O)C(CCC(=O)OC(C)(C)C)C(C)C)N1. The molecule has 0 aliphatic carbocycles. The molecule has 9 nitrogen and oxygen atoms in total. The maximum absolute atomic E-state index is 12.8. The summed E-state index contributed by atoms with van der Waals surface area (Å²) < 4.78 is 10.0. The molecular weight excluding hydrogens is 390 g/mol. The Bertz CT molecular complexity index is 629. The summed E-state index contributed by atoms with van der Waals surface area (Å²) in [5.41, 5.74) is 2.30. The number of esters is 2. The van der Waals surface area contributed by atoms with Crippen molar-refractivity contribution in [1.29, 1.82) is 0 Å². The molecule has 172 valence electrons. The van der Waals surface area contributed by atoms with E-state index in [1.807, 2.05) is 13.8 Å². The number of nitrogens with one attached hydrogen (secondary N) is 2. The molecule has 0 saturated carbocycles. The number of carbonyl (C=O) groups is 4. The van der Waals surface area contributed by atoms with Gasteiger partial charge in [0.2, 0.25) is 5.91 Å². The van der Waals surface area contributed by atoms with Crippen LogP contribution in [0.5, 0.6) is 0 Å². The fourth-order valence-electron chi connectivity index (χ4n) is 3.31. The molecule has 0 radical (unpaired) electrons. The fraction of sp³-hybridized carbons (Fsp3) is 0.810. The third kappa shape index (κ3) is 8.30. The van der Waals surface area contributed by atoms with E-state index < -0.39 is 29.6 Å². The van der Waals surface area contributed by atoms with E-state index >= 15 is 0 Å². The Balaban J connectivity index is 2.64. The van der Waals surface area contributed by atoms with E-state index in [9.17, 15) is 19.2 Å². The summed E-state index contributed by atoms with van der Waals surface area (Å²) in [6.07, 6.45) is 1.71. The molecule has 0 spiro atoms. The van der Waals surface area contributed by atoms with Crippen LogP contribution < -0.4 is 10.7 Å². The molecule has 2 amide bonds. The Morgan fingerprint density at radius 3 is 2.33 bits per heavy atom. The second kappa shape index (κ2) is 11.3. The molecule has 1 aliphatic rings. The number of methoxy groups -OCH3 is 1. The second-order valence-electron chi connectivity index (χ2n) is 9.04. The van der Waals surface area contributed by atoms with Crippen LogP contribution in [-0.2, 0) is 28.7 Å². The van der Waals surface area contributed by atoms with Crippen LogP contribution in [0.2, 0.25) is 0 Å². The molecule has 1 rings (SSSR count). The van der Waals surface area contributed by atoms with Gasteiger partial charge in [0, 0.05) is 18.9 Å². The van der Waals surface area contributed by atoms with Crippen LogP contribution >= 0.6 is 0 Å². The molecule has 1 heterocycles. The number of hydrazine groups is 1. The topological polar surface area (TPSA) is 114 Å². The molecule has 30 heavy (non-hydrogen) atoms. The first-order valence-electron chi connectivity index (χ1n) is 10.5. The highest BCUT2D eigenvalue weighted by atomic mass is 16.6. The average molecular weight is 428 g/mol. The third-order valence-electron chi connectivity index (χ3n) is 4.89. The van der Waals surface area contributed by atoms with Gasteiger partial charge in [-0.2, -0.15) is 0 Å². The van der Waals surface area contributed by atoms with Crippen molar-refractivity contribution in [3.63, 3.8) is 0 Å². The number of nitrogens with zero attached hydrogens (tertiary/aromatic N) is 1. The molecular formula is C21H37N3O6. The first-order valence-corrected chi connectivity index (χ1v) is 10.5.